The van der Waals surface area contributed by atoms with Gasteiger partial charge < -0.3 is 5.11 Å². The summed E-state index contributed by atoms with van der Waals surface area (Å²) >= 11 is 1.63. The summed E-state index contributed by atoms with van der Waals surface area (Å²) in [5.41, 5.74) is 2.12. The Morgan fingerprint density at radius 3 is 2.73 bits per heavy atom. The first-order valence-corrected chi connectivity index (χ1v) is 9.75. The van der Waals surface area contributed by atoms with Crippen LogP contribution in [0.3, 0.4) is 0 Å². The van der Waals surface area contributed by atoms with Crippen LogP contribution in [0.5, 0.6) is 0 Å². The number of aryl methyl sites for hydroxylation is 2. The number of benzene rings is 1. The van der Waals surface area contributed by atoms with Gasteiger partial charge >= 0.3 is 5.97 Å². The van der Waals surface area contributed by atoms with E-state index in [1.807, 2.05) is 30.3 Å². The molecule has 0 atom stereocenters. The van der Waals surface area contributed by atoms with Crippen LogP contribution in [0.25, 0.3) is 10.2 Å². The number of hydrogen-bond acceptors (Lipinski definition) is 4. The number of thiophene rings is 1. The molecule has 0 amide bonds. The Morgan fingerprint density at radius 2 is 1.96 bits per heavy atom. The van der Waals surface area contributed by atoms with Gasteiger partial charge in [-0.2, -0.15) is 0 Å². The first-order chi connectivity index (χ1) is 12.6. The molecule has 1 aliphatic rings. The van der Waals surface area contributed by atoms with Gasteiger partial charge in [-0.15, -0.1) is 11.3 Å². The van der Waals surface area contributed by atoms with E-state index in [9.17, 15) is 9.59 Å². The SMILES string of the molecule is O=C(O)CCn1c(Cc2ccccc2)nc2sc3c(c2c1=O)CCCC3. The fourth-order valence-electron chi connectivity index (χ4n) is 3.63. The maximum absolute atomic E-state index is 13.2. The van der Waals surface area contributed by atoms with E-state index < -0.39 is 5.97 Å². The van der Waals surface area contributed by atoms with E-state index >= 15 is 0 Å². The van der Waals surface area contributed by atoms with Crippen molar-refractivity contribution in [1.82, 2.24) is 9.55 Å². The fourth-order valence-corrected chi connectivity index (χ4v) is 4.90. The van der Waals surface area contributed by atoms with E-state index in [2.05, 4.69) is 0 Å². The van der Waals surface area contributed by atoms with Gasteiger partial charge in [0, 0.05) is 17.8 Å². The molecule has 3 aromatic rings. The van der Waals surface area contributed by atoms with Gasteiger partial charge in [-0.25, -0.2) is 4.98 Å². The smallest absolute Gasteiger partial charge is 0.305 e. The van der Waals surface area contributed by atoms with Gasteiger partial charge in [-0.1, -0.05) is 30.3 Å². The predicted octanol–water partition coefficient (Wildman–Crippen LogP) is 3.40. The van der Waals surface area contributed by atoms with Gasteiger partial charge in [0.05, 0.1) is 11.8 Å². The molecule has 0 spiro atoms. The minimum atomic E-state index is -0.907. The van der Waals surface area contributed by atoms with E-state index in [1.165, 1.54) is 4.88 Å². The molecule has 134 valence electrons. The summed E-state index contributed by atoms with van der Waals surface area (Å²) in [5, 5.41) is 9.79. The van der Waals surface area contributed by atoms with Crippen molar-refractivity contribution in [3.63, 3.8) is 0 Å². The quantitative estimate of drug-likeness (QED) is 0.749. The minimum absolute atomic E-state index is 0.0819. The monoisotopic (exact) mass is 368 g/mol. The molecule has 2 heterocycles. The summed E-state index contributed by atoms with van der Waals surface area (Å²) in [6.45, 7) is 0.157. The van der Waals surface area contributed by atoms with Gasteiger partial charge in [0.15, 0.2) is 0 Å². The molecule has 0 radical (unpaired) electrons. The molecule has 6 heteroatoms. The van der Waals surface area contributed by atoms with Gasteiger partial charge in [-0.05, 0) is 36.8 Å². The van der Waals surface area contributed by atoms with Gasteiger partial charge in [-0.3, -0.25) is 14.2 Å². The molecule has 1 N–H and O–H groups in total. The van der Waals surface area contributed by atoms with Gasteiger partial charge in [0.2, 0.25) is 0 Å². The maximum atomic E-state index is 13.2. The maximum Gasteiger partial charge on any atom is 0.305 e. The lowest BCUT2D eigenvalue weighted by Gasteiger charge is -2.13. The third kappa shape index (κ3) is 3.17. The Hall–Kier alpha value is -2.47. The molecular weight excluding hydrogens is 348 g/mol. The molecule has 0 saturated carbocycles. The van der Waals surface area contributed by atoms with Crippen LogP contribution in [0.1, 0.15) is 41.1 Å². The standard InChI is InChI=1S/C20H20N2O3S/c23-17(24)10-11-22-16(12-13-6-2-1-3-7-13)21-19-18(20(22)25)14-8-4-5-9-15(14)26-19/h1-3,6-7H,4-5,8-12H2,(H,23,24). The molecule has 1 aliphatic carbocycles. The normalized spacial score (nSPS) is 13.7. The third-order valence-electron chi connectivity index (χ3n) is 4.91. The number of carboxylic acids is 1. The molecule has 26 heavy (non-hydrogen) atoms. The van der Waals surface area contributed by atoms with Crippen LogP contribution in [0.2, 0.25) is 0 Å². The van der Waals surface area contributed by atoms with Crippen LogP contribution >= 0.6 is 11.3 Å². The highest BCUT2D eigenvalue weighted by Gasteiger charge is 2.22. The average Bonchev–Trinajstić information content (AvgIpc) is 3.00. The lowest BCUT2D eigenvalue weighted by molar-refractivity contribution is -0.137. The molecule has 5 nitrogen and oxygen atoms in total. The molecule has 1 aromatic carbocycles. The van der Waals surface area contributed by atoms with Crippen LogP contribution in [0, 0.1) is 0 Å². The highest BCUT2D eigenvalue weighted by Crippen LogP contribution is 2.34. The minimum Gasteiger partial charge on any atom is -0.481 e. The van der Waals surface area contributed by atoms with Crippen molar-refractivity contribution >= 4 is 27.5 Å². The number of aromatic nitrogens is 2. The van der Waals surface area contributed by atoms with Crippen molar-refractivity contribution < 1.29 is 9.90 Å². The zero-order valence-electron chi connectivity index (χ0n) is 14.4. The molecule has 0 aliphatic heterocycles. The number of carboxylic acid groups (broad SMARTS) is 1. The summed E-state index contributed by atoms with van der Waals surface area (Å²) in [7, 11) is 0. The number of carbonyl (C=O) groups is 1. The topological polar surface area (TPSA) is 72.2 Å². The van der Waals surface area contributed by atoms with Crippen LogP contribution in [-0.2, 0) is 30.6 Å². The molecule has 0 fully saturated rings. The zero-order valence-corrected chi connectivity index (χ0v) is 15.2. The van der Waals surface area contributed by atoms with Crippen molar-refractivity contribution in [1.29, 1.82) is 0 Å². The first kappa shape index (κ1) is 17.0. The van der Waals surface area contributed by atoms with Crippen molar-refractivity contribution in [3.8, 4) is 0 Å². The Bertz CT molecular complexity index is 1020. The second kappa shape index (κ2) is 7.03. The zero-order chi connectivity index (χ0) is 18.1. The van der Waals surface area contributed by atoms with E-state index in [-0.39, 0.29) is 18.5 Å². The van der Waals surface area contributed by atoms with Crippen LogP contribution < -0.4 is 5.56 Å². The van der Waals surface area contributed by atoms with Gasteiger partial charge in [0.1, 0.15) is 10.7 Å². The number of hydrogen-bond donors (Lipinski definition) is 1. The van der Waals surface area contributed by atoms with Gasteiger partial charge in [0.25, 0.3) is 5.56 Å². The first-order valence-electron chi connectivity index (χ1n) is 8.93. The molecule has 0 saturated heterocycles. The summed E-state index contributed by atoms with van der Waals surface area (Å²) < 4.78 is 1.57. The van der Waals surface area contributed by atoms with E-state index in [0.717, 1.165) is 41.6 Å². The molecular formula is C20H20N2O3S. The Labute approximate surface area is 154 Å². The summed E-state index contributed by atoms with van der Waals surface area (Å²) in [6.07, 6.45) is 4.63. The largest absolute Gasteiger partial charge is 0.481 e. The molecule has 0 unspecified atom stereocenters. The van der Waals surface area contributed by atoms with Crippen LogP contribution in [-0.4, -0.2) is 20.6 Å². The summed E-state index contributed by atoms with van der Waals surface area (Å²) in [6, 6.07) is 9.86. The predicted molar refractivity (Wildman–Crippen MR) is 102 cm³/mol. The Morgan fingerprint density at radius 1 is 1.19 bits per heavy atom. The average molecular weight is 368 g/mol. The van der Waals surface area contributed by atoms with Crippen molar-refractivity contribution in [2.75, 3.05) is 0 Å². The molecule has 2 aromatic heterocycles. The Balaban J connectivity index is 1.86. The molecule has 4 rings (SSSR count). The highest BCUT2D eigenvalue weighted by atomic mass is 32.1. The number of rotatable bonds is 5. The number of fused-ring (bicyclic) bond motifs is 3. The van der Waals surface area contributed by atoms with Crippen molar-refractivity contribution in [2.24, 2.45) is 0 Å². The second-order valence-electron chi connectivity index (χ2n) is 6.68. The molecule has 0 bridgehead atoms. The van der Waals surface area contributed by atoms with Crippen molar-refractivity contribution in [3.05, 3.63) is 62.5 Å². The summed E-state index contributed by atoms with van der Waals surface area (Å²) in [5.74, 6) is -0.261. The fraction of sp³-hybridized carbons (Fsp3) is 0.350. The van der Waals surface area contributed by atoms with E-state index in [0.29, 0.717) is 17.6 Å². The lowest BCUT2D eigenvalue weighted by atomic mass is 9.97. The number of nitrogens with zero attached hydrogens (tertiary/aromatic N) is 2. The Kier molecular flexibility index (Phi) is 4.59. The summed E-state index contributed by atoms with van der Waals surface area (Å²) in [4.78, 5) is 31.2. The second-order valence-corrected chi connectivity index (χ2v) is 7.77. The third-order valence-corrected chi connectivity index (χ3v) is 6.09. The highest BCUT2D eigenvalue weighted by molar-refractivity contribution is 7.18. The van der Waals surface area contributed by atoms with E-state index in [1.54, 1.807) is 15.9 Å². The lowest BCUT2D eigenvalue weighted by Crippen LogP contribution is -2.27. The van der Waals surface area contributed by atoms with Crippen molar-refractivity contribution in [2.45, 2.75) is 45.1 Å². The van der Waals surface area contributed by atoms with Crippen LogP contribution in [0.15, 0.2) is 35.1 Å². The van der Waals surface area contributed by atoms with Crippen LogP contribution in [0.4, 0.5) is 0 Å². The number of aliphatic carboxylic acids is 1. The van der Waals surface area contributed by atoms with E-state index in [4.69, 9.17) is 10.1 Å².